The molecule has 0 saturated carbocycles. The molecule has 20 heavy (non-hydrogen) atoms. The number of H-pyrrole nitrogens is 1. The summed E-state index contributed by atoms with van der Waals surface area (Å²) in [4.78, 5) is 21.2. The zero-order chi connectivity index (χ0) is 14.1. The molecule has 1 aromatic carbocycles. The smallest absolute Gasteiger partial charge is 0.260 e. The third kappa shape index (κ3) is 2.71. The zero-order valence-electron chi connectivity index (χ0n) is 10.8. The number of hydrogen-bond donors (Lipinski definition) is 2. The lowest BCUT2D eigenvalue weighted by Crippen LogP contribution is -2.07. The minimum atomic E-state index is -0.0702. The fraction of sp³-hybridized carbons (Fsp3) is 0.143. The van der Waals surface area contributed by atoms with Crippen molar-refractivity contribution in [3.63, 3.8) is 0 Å². The van der Waals surface area contributed by atoms with Gasteiger partial charge in [-0.25, -0.2) is 4.98 Å². The van der Waals surface area contributed by atoms with E-state index in [2.05, 4.69) is 9.97 Å². The van der Waals surface area contributed by atoms with E-state index in [4.69, 9.17) is 5.73 Å². The van der Waals surface area contributed by atoms with Crippen LogP contribution in [0.4, 0.5) is 5.69 Å². The van der Waals surface area contributed by atoms with Gasteiger partial charge in [-0.2, -0.15) is 0 Å². The van der Waals surface area contributed by atoms with E-state index in [1.165, 1.54) is 11.8 Å². The minimum absolute atomic E-state index is 0.0702. The number of hydrogen-bond acceptors (Lipinski definition) is 5. The van der Waals surface area contributed by atoms with E-state index in [9.17, 15) is 4.79 Å². The summed E-state index contributed by atoms with van der Waals surface area (Å²) in [5, 5.41) is 1.32. The van der Waals surface area contributed by atoms with Crippen molar-refractivity contribution < 1.29 is 0 Å². The molecule has 0 atom stereocenters. The molecule has 3 rings (SSSR count). The SMILES string of the molecule is Cc1cc2c(=O)[nH]c(SCc3ccc(N)cc3)nc2s1. The van der Waals surface area contributed by atoms with Gasteiger partial charge in [-0.05, 0) is 30.7 Å². The Morgan fingerprint density at radius 1 is 1.35 bits per heavy atom. The number of thiophene rings is 1. The second-order valence-electron chi connectivity index (χ2n) is 4.48. The predicted molar refractivity (Wildman–Crippen MR) is 85.4 cm³/mol. The zero-order valence-corrected chi connectivity index (χ0v) is 12.5. The number of aromatic nitrogens is 2. The Bertz CT molecular complexity index is 805. The van der Waals surface area contributed by atoms with Crippen LogP contribution in [-0.4, -0.2) is 9.97 Å². The molecule has 2 heterocycles. The number of nitrogens with zero attached hydrogens (tertiary/aromatic N) is 1. The number of aryl methyl sites for hydroxylation is 1. The maximum absolute atomic E-state index is 12.0. The monoisotopic (exact) mass is 303 g/mol. The van der Waals surface area contributed by atoms with E-state index in [0.717, 1.165) is 26.7 Å². The van der Waals surface area contributed by atoms with Crippen LogP contribution in [0.2, 0.25) is 0 Å². The summed E-state index contributed by atoms with van der Waals surface area (Å²) >= 11 is 3.06. The average molecular weight is 303 g/mol. The van der Waals surface area contributed by atoms with Crippen molar-refractivity contribution in [2.75, 3.05) is 5.73 Å². The third-order valence-corrected chi connectivity index (χ3v) is 4.75. The Hall–Kier alpha value is -1.79. The van der Waals surface area contributed by atoms with Crippen molar-refractivity contribution in [3.8, 4) is 0 Å². The van der Waals surface area contributed by atoms with Gasteiger partial charge in [0.2, 0.25) is 0 Å². The van der Waals surface area contributed by atoms with Crippen molar-refractivity contribution >= 4 is 39.0 Å². The topological polar surface area (TPSA) is 71.8 Å². The quantitative estimate of drug-likeness (QED) is 0.443. The van der Waals surface area contributed by atoms with Crippen LogP contribution in [0.5, 0.6) is 0 Å². The van der Waals surface area contributed by atoms with Gasteiger partial charge >= 0.3 is 0 Å². The molecule has 0 saturated heterocycles. The molecule has 0 unspecified atom stereocenters. The molecule has 0 aliphatic rings. The molecule has 0 spiro atoms. The van der Waals surface area contributed by atoms with Crippen LogP contribution in [0, 0.1) is 6.92 Å². The molecule has 0 amide bonds. The highest BCUT2D eigenvalue weighted by atomic mass is 32.2. The van der Waals surface area contributed by atoms with Crippen LogP contribution < -0.4 is 11.3 Å². The van der Waals surface area contributed by atoms with Gasteiger partial charge in [0.05, 0.1) is 5.39 Å². The van der Waals surface area contributed by atoms with Gasteiger partial charge in [-0.15, -0.1) is 11.3 Å². The molecule has 0 aliphatic heterocycles. The van der Waals surface area contributed by atoms with Gasteiger partial charge in [0, 0.05) is 16.3 Å². The van der Waals surface area contributed by atoms with Gasteiger partial charge in [-0.3, -0.25) is 4.79 Å². The molecule has 0 fully saturated rings. The van der Waals surface area contributed by atoms with Crippen molar-refractivity contribution in [2.45, 2.75) is 17.8 Å². The Morgan fingerprint density at radius 2 is 2.10 bits per heavy atom. The molecule has 6 heteroatoms. The number of anilines is 1. The summed E-state index contributed by atoms with van der Waals surface area (Å²) in [6.45, 7) is 1.98. The Morgan fingerprint density at radius 3 is 2.85 bits per heavy atom. The highest BCUT2D eigenvalue weighted by molar-refractivity contribution is 7.98. The molecule has 3 N–H and O–H groups in total. The van der Waals surface area contributed by atoms with Crippen LogP contribution in [0.25, 0.3) is 10.2 Å². The largest absolute Gasteiger partial charge is 0.399 e. The molecule has 102 valence electrons. The van der Waals surface area contributed by atoms with Gasteiger partial charge in [-0.1, -0.05) is 23.9 Å². The number of rotatable bonds is 3. The number of nitrogens with one attached hydrogen (secondary N) is 1. The summed E-state index contributed by atoms with van der Waals surface area (Å²) in [6, 6.07) is 9.58. The summed E-state index contributed by atoms with van der Waals surface area (Å²) in [5.41, 5.74) is 7.48. The molecule has 0 aliphatic carbocycles. The lowest BCUT2D eigenvalue weighted by Gasteiger charge is -2.02. The first-order valence-corrected chi connectivity index (χ1v) is 7.90. The van der Waals surface area contributed by atoms with Crippen molar-refractivity contribution in [1.82, 2.24) is 9.97 Å². The van der Waals surface area contributed by atoms with E-state index in [0.29, 0.717) is 10.5 Å². The lowest BCUT2D eigenvalue weighted by atomic mass is 10.2. The Balaban J connectivity index is 1.84. The summed E-state index contributed by atoms with van der Waals surface area (Å²) in [6.07, 6.45) is 0. The van der Waals surface area contributed by atoms with Gasteiger partial charge < -0.3 is 10.7 Å². The lowest BCUT2D eigenvalue weighted by molar-refractivity contribution is 0.979. The predicted octanol–water partition coefficient (Wildman–Crippen LogP) is 3.17. The molecular weight excluding hydrogens is 290 g/mol. The van der Waals surface area contributed by atoms with Gasteiger partial charge in [0.25, 0.3) is 5.56 Å². The van der Waals surface area contributed by atoms with Crippen LogP contribution in [0.3, 0.4) is 0 Å². The van der Waals surface area contributed by atoms with Crippen LogP contribution >= 0.6 is 23.1 Å². The van der Waals surface area contributed by atoms with Gasteiger partial charge in [0.1, 0.15) is 4.83 Å². The number of benzene rings is 1. The highest BCUT2D eigenvalue weighted by Gasteiger charge is 2.07. The summed E-state index contributed by atoms with van der Waals surface area (Å²) in [7, 11) is 0. The maximum atomic E-state index is 12.0. The second-order valence-corrected chi connectivity index (χ2v) is 6.68. The average Bonchev–Trinajstić information content (AvgIpc) is 2.79. The minimum Gasteiger partial charge on any atom is -0.399 e. The van der Waals surface area contributed by atoms with Crippen LogP contribution in [0.1, 0.15) is 10.4 Å². The molecule has 3 aromatic rings. The van der Waals surface area contributed by atoms with Crippen LogP contribution in [-0.2, 0) is 5.75 Å². The number of nitrogens with two attached hydrogens (primary N) is 1. The summed E-state index contributed by atoms with van der Waals surface area (Å²) in [5.74, 6) is 0.749. The standard InChI is InChI=1S/C14H13N3OS2/c1-8-6-11-12(18)16-14(17-13(11)20-8)19-7-9-2-4-10(15)5-3-9/h2-6H,7,15H2,1H3,(H,16,17,18). The van der Waals surface area contributed by atoms with Crippen molar-refractivity contribution in [1.29, 1.82) is 0 Å². The molecule has 2 aromatic heterocycles. The molecular formula is C14H13N3OS2. The number of aromatic amines is 1. The van der Waals surface area contributed by atoms with E-state index in [1.54, 1.807) is 11.3 Å². The first-order chi connectivity index (χ1) is 9.61. The number of thioether (sulfide) groups is 1. The summed E-state index contributed by atoms with van der Waals surface area (Å²) < 4.78 is 0. The van der Waals surface area contributed by atoms with E-state index < -0.39 is 0 Å². The van der Waals surface area contributed by atoms with Crippen molar-refractivity contribution in [2.24, 2.45) is 0 Å². The Kier molecular flexibility index (Phi) is 3.50. The second kappa shape index (κ2) is 5.30. The molecule has 0 radical (unpaired) electrons. The van der Waals surface area contributed by atoms with E-state index in [1.807, 2.05) is 37.3 Å². The fourth-order valence-corrected chi connectivity index (χ4v) is 3.62. The third-order valence-electron chi connectivity index (χ3n) is 2.86. The normalized spacial score (nSPS) is 11.1. The van der Waals surface area contributed by atoms with Crippen molar-refractivity contribution in [3.05, 3.63) is 51.1 Å². The van der Waals surface area contributed by atoms with Crippen LogP contribution in [0.15, 0.2) is 40.3 Å². The van der Waals surface area contributed by atoms with Gasteiger partial charge in [0.15, 0.2) is 5.16 Å². The first kappa shape index (κ1) is 13.2. The maximum Gasteiger partial charge on any atom is 0.260 e. The molecule has 0 bridgehead atoms. The fourth-order valence-electron chi connectivity index (χ4n) is 1.87. The molecule has 4 nitrogen and oxygen atoms in total. The Labute approximate surface area is 124 Å². The first-order valence-electron chi connectivity index (χ1n) is 6.09. The number of nitrogen functional groups attached to an aromatic ring is 1. The van der Waals surface area contributed by atoms with E-state index >= 15 is 0 Å². The number of fused-ring (bicyclic) bond motifs is 1. The van der Waals surface area contributed by atoms with E-state index in [-0.39, 0.29) is 5.56 Å². The highest BCUT2D eigenvalue weighted by Crippen LogP contribution is 2.24.